The number of amides is 2. The van der Waals surface area contributed by atoms with Crippen molar-refractivity contribution in [2.75, 3.05) is 16.8 Å². The maximum atomic E-state index is 13.2. The Hall–Kier alpha value is -2.69. The molecule has 5 heteroatoms. The summed E-state index contributed by atoms with van der Waals surface area (Å²) in [7, 11) is 0. The molecule has 0 aromatic heterocycles. The van der Waals surface area contributed by atoms with Gasteiger partial charge in [-0.25, -0.2) is 4.39 Å². The number of hydrogen-bond donors (Lipinski definition) is 1. The van der Waals surface area contributed by atoms with E-state index in [9.17, 15) is 14.0 Å². The van der Waals surface area contributed by atoms with Gasteiger partial charge in [0.2, 0.25) is 11.8 Å². The van der Waals surface area contributed by atoms with Crippen molar-refractivity contribution >= 4 is 23.2 Å². The van der Waals surface area contributed by atoms with Crippen molar-refractivity contribution in [1.82, 2.24) is 0 Å². The Morgan fingerprint density at radius 2 is 1.96 bits per heavy atom. The van der Waals surface area contributed by atoms with Crippen molar-refractivity contribution in [3.63, 3.8) is 0 Å². The molecule has 1 aliphatic heterocycles. The highest BCUT2D eigenvalue weighted by Gasteiger charge is 2.36. The summed E-state index contributed by atoms with van der Waals surface area (Å²) in [5.41, 5.74) is 2.35. The Morgan fingerprint density at radius 1 is 1.20 bits per heavy atom. The van der Waals surface area contributed by atoms with E-state index in [1.54, 1.807) is 11.0 Å². The molecule has 1 aliphatic rings. The van der Waals surface area contributed by atoms with E-state index in [-0.39, 0.29) is 24.2 Å². The minimum absolute atomic E-state index is 0.0625. The maximum absolute atomic E-state index is 13.2. The normalized spacial score (nSPS) is 17.2. The van der Waals surface area contributed by atoms with Crippen molar-refractivity contribution in [3.05, 3.63) is 59.9 Å². The van der Waals surface area contributed by atoms with Crippen LogP contribution in [-0.2, 0) is 9.59 Å². The zero-order chi connectivity index (χ0) is 18.0. The van der Waals surface area contributed by atoms with Gasteiger partial charge in [-0.15, -0.1) is 0 Å². The third kappa shape index (κ3) is 3.71. The largest absolute Gasteiger partial charge is 0.326 e. The molecule has 1 atom stereocenters. The first-order chi connectivity index (χ1) is 12.0. The van der Waals surface area contributed by atoms with Crippen LogP contribution < -0.4 is 10.2 Å². The molecule has 0 bridgehead atoms. The van der Waals surface area contributed by atoms with Crippen LogP contribution in [0.1, 0.15) is 31.7 Å². The highest BCUT2D eigenvalue weighted by molar-refractivity contribution is 6.03. The number of nitrogens with zero attached hydrogens (tertiary/aromatic N) is 1. The van der Waals surface area contributed by atoms with E-state index in [0.29, 0.717) is 12.2 Å². The van der Waals surface area contributed by atoms with E-state index in [1.807, 2.05) is 24.3 Å². The van der Waals surface area contributed by atoms with Gasteiger partial charge >= 0.3 is 0 Å². The second-order valence-corrected chi connectivity index (χ2v) is 6.62. The molecule has 25 heavy (non-hydrogen) atoms. The zero-order valence-electron chi connectivity index (χ0n) is 14.3. The van der Waals surface area contributed by atoms with Crippen LogP contribution in [0, 0.1) is 11.7 Å². The molecule has 0 aliphatic carbocycles. The predicted octanol–water partition coefficient (Wildman–Crippen LogP) is 3.94. The minimum Gasteiger partial charge on any atom is -0.326 e. The first kappa shape index (κ1) is 17.1. The second kappa shape index (κ2) is 7.05. The fraction of sp³-hybridized carbons (Fsp3) is 0.300. The summed E-state index contributed by atoms with van der Waals surface area (Å²) in [6, 6.07) is 13.5. The fourth-order valence-electron chi connectivity index (χ4n) is 3.15. The average molecular weight is 340 g/mol. The minimum atomic E-state index is -0.448. The van der Waals surface area contributed by atoms with Crippen LogP contribution in [0.2, 0.25) is 0 Å². The lowest BCUT2D eigenvalue weighted by atomic mass is 10.0. The summed E-state index contributed by atoms with van der Waals surface area (Å²) < 4.78 is 13.2. The SMILES string of the molecule is CC(C)c1ccccc1N1CC(C(=O)Nc2cccc(F)c2)CC1=O. The molecule has 130 valence electrons. The second-order valence-electron chi connectivity index (χ2n) is 6.62. The summed E-state index contributed by atoms with van der Waals surface area (Å²) in [6.07, 6.45) is 0.160. The quantitative estimate of drug-likeness (QED) is 0.916. The highest BCUT2D eigenvalue weighted by atomic mass is 19.1. The van der Waals surface area contributed by atoms with Crippen LogP contribution in [0.25, 0.3) is 0 Å². The number of anilines is 2. The Bertz CT molecular complexity index is 804. The molecular formula is C20H21FN2O2. The van der Waals surface area contributed by atoms with Crippen LogP contribution in [0.5, 0.6) is 0 Å². The van der Waals surface area contributed by atoms with Gasteiger partial charge in [0.15, 0.2) is 0 Å². The molecule has 4 nitrogen and oxygen atoms in total. The Balaban J connectivity index is 1.75. The maximum Gasteiger partial charge on any atom is 0.229 e. The van der Waals surface area contributed by atoms with Crippen molar-refractivity contribution in [3.8, 4) is 0 Å². The Kier molecular flexibility index (Phi) is 4.83. The van der Waals surface area contributed by atoms with Gasteiger partial charge in [0.05, 0.1) is 5.92 Å². The summed E-state index contributed by atoms with van der Waals surface area (Å²) in [5.74, 6) is -0.899. The topological polar surface area (TPSA) is 49.4 Å². The van der Waals surface area contributed by atoms with Crippen LogP contribution in [0.3, 0.4) is 0 Å². The van der Waals surface area contributed by atoms with Crippen molar-refractivity contribution in [2.24, 2.45) is 5.92 Å². The standard InChI is InChI=1S/C20H21FN2O2/c1-13(2)17-8-3-4-9-18(17)23-12-14(10-19(23)24)20(25)22-16-7-5-6-15(21)11-16/h3-9,11,13-14H,10,12H2,1-2H3,(H,22,25). The molecule has 1 heterocycles. The number of benzene rings is 2. The monoisotopic (exact) mass is 340 g/mol. The molecule has 1 saturated heterocycles. The lowest BCUT2D eigenvalue weighted by molar-refractivity contribution is -0.122. The smallest absolute Gasteiger partial charge is 0.229 e. The molecule has 3 rings (SSSR count). The molecule has 1 N–H and O–H groups in total. The summed E-state index contributed by atoms with van der Waals surface area (Å²) in [4.78, 5) is 26.6. The van der Waals surface area contributed by atoms with Crippen LogP contribution in [0.4, 0.5) is 15.8 Å². The van der Waals surface area contributed by atoms with Gasteiger partial charge in [-0.05, 0) is 35.7 Å². The van der Waals surface area contributed by atoms with E-state index >= 15 is 0 Å². The molecule has 1 fully saturated rings. The molecule has 2 aromatic carbocycles. The molecule has 2 aromatic rings. The Labute approximate surface area is 146 Å². The number of nitrogens with one attached hydrogen (secondary N) is 1. The van der Waals surface area contributed by atoms with Gasteiger partial charge < -0.3 is 10.2 Å². The van der Waals surface area contributed by atoms with Crippen LogP contribution >= 0.6 is 0 Å². The molecule has 0 spiro atoms. The van der Waals surface area contributed by atoms with Gasteiger partial charge in [0.25, 0.3) is 0 Å². The van der Waals surface area contributed by atoms with E-state index in [4.69, 9.17) is 0 Å². The molecular weight excluding hydrogens is 319 g/mol. The van der Waals surface area contributed by atoms with Crippen LogP contribution in [0.15, 0.2) is 48.5 Å². The number of hydrogen-bond acceptors (Lipinski definition) is 2. The van der Waals surface area contributed by atoms with E-state index < -0.39 is 11.7 Å². The average Bonchev–Trinajstić information content (AvgIpc) is 2.96. The Morgan fingerprint density at radius 3 is 2.68 bits per heavy atom. The van der Waals surface area contributed by atoms with Crippen molar-refractivity contribution in [1.29, 1.82) is 0 Å². The van der Waals surface area contributed by atoms with Gasteiger partial charge in [-0.3, -0.25) is 9.59 Å². The zero-order valence-corrected chi connectivity index (χ0v) is 14.3. The summed E-state index contributed by atoms with van der Waals surface area (Å²) >= 11 is 0. The van der Waals surface area contributed by atoms with Crippen LogP contribution in [-0.4, -0.2) is 18.4 Å². The fourth-order valence-corrected chi connectivity index (χ4v) is 3.15. The number of rotatable bonds is 4. The van der Waals surface area contributed by atoms with Gasteiger partial charge in [-0.2, -0.15) is 0 Å². The number of carbonyl (C=O) groups is 2. The van der Waals surface area contributed by atoms with E-state index in [0.717, 1.165) is 11.3 Å². The third-order valence-corrected chi connectivity index (χ3v) is 4.44. The number of para-hydroxylation sites is 1. The molecule has 0 saturated carbocycles. The molecule has 1 unspecified atom stereocenters. The molecule has 2 amide bonds. The molecule has 0 radical (unpaired) electrons. The number of carbonyl (C=O) groups excluding carboxylic acids is 2. The van der Waals surface area contributed by atoms with Gasteiger partial charge in [0.1, 0.15) is 5.82 Å². The first-order valence-electron chi connectivity index (χ1n) is 8.41. The lowest BCUT2D eigenvalue weighted by Crippen LogP contribution is -2.29. The van der Waals surface area contributed by atoms with Crippen molar-refractivity contribution in [2.45, 2.75) is 26.2 Å². The van der Waals surface area contributed by atoms with E-state index in [2.05, 4.69) is 19.2 Å². The summed E-state index contributed by atoms with van der Waals surface area (Å²) in [5, 5.41) is 2.70. The number of halogens is 1. The van der Waals surface area contributed by atoms with Crippen molar-refractivity contribution < 1.29 is 14.0 Å². The lowest BCUT2D eigenvalue weighted by Gasteiger charge is -2.22. The first-order valence-corrected chi connectivity index (χ1v) is 8.41. The third-order valence-electron chi connectivity index (χ3n) is 4.44. The highest BCUT2D eigenvalue weighted by Crippen LogP contribution is 2.32. The van der Waals surface area contributed by atoms with Gasteiger partial charge in [0, 0.05) is 24.3 Å². The summed E-state index contributed by atoms with van der Waals surface area (Å²) in [6.45, 7) is 4.49. The van der Waals surface area contributed by atoms with Gasteiger partial charge in [-0.1, -0.05) is 38.1 Å². The predicted molar refractivity (Wildman–Crippen MR) is 96.0 cm³/mol. The van der Waals surface area contributed by atoms with E-state index in [1.165, 1.54) is 18.2 Å².